The smallest absolute Gasteiger partial charge is 0.0250 e. The lowest BCUT2D eigenvalue weighted by atomic mass is 10.0. The van der Waals surface area contributed by atoms with Crippen LogP contribution in [-0.2, 0) is 0 Å². The van der Waals surface area contributed by atoms with E-state index in [0.29, 0.717) is 0 Å². The van der Waals surface area contributed by atoms with E-state index in [1.54, 1.807) is 0 Å². The molecule has 74 valence electrons. The normalized spacial score (nSPS) is 18.3. The van der Waals surface area contributed by atoms with Gasteiger partial charge in [-0.05, 0) is 32.6 Å². The van der Waals surface area contributed by atoms with E-state index in [-0.39, 0.29) is 0 Å². The standard InChI is InChI=1S/C12H21N/c1-11(2)10-13-9-5-8-12-6-3-4-7-12/h9-10,12H,3-8H2,1-2H3/b13-9+. The summed E-state index contributed by atoms with van der Waals surface area (Å²) in [4.78, 5) is 4.24. The van der Waals surface area contributed by atoms with Gasteiger partial charge in [0.15, 0.2) is 0 Å². The molecule has 0 N–H and O–H groups in total. The number of hydrogen-bond acceptors (Lipinski definition) is 1. The summed E-state index contributed by atoms with van der Waals surface area (Å²) in [6.45, 7) is 4.16. The fourth-order valence-electron chi connectivity index (χ4n) is 1.89. The first-order chi connectivity index (χ1) is 6.29. The van der Waals surface area contributed by atoms with Crippen LogP contribution in [0.15, 0.2) is 16.8 Å². The summed E-state index contributed by atoms with van der Waals surface area (Å²) in [5.74, 6) is 0.998. The van der Waals surface area contributed by atoms with Crippen LogP contribution in [-0.4, -0.2) is 6.21 Å². The van der Waals surface area contributed by atoms with Gasteiger partial charge in [-0.1, -0.05) is 31.3 Å². The Balaban J connectivity index is 2.06. The lowest BCUT2D eigenvalue weighted by molar-refractivity contribution is 0.517. The Bertz CT molecular complexity index is 181. The molecular weight excluding hydrogens is 158 g/mol. The van der Waals surface area contributed by atoms with E-state index in [0.717, 1.165) is 12.3 Å². The van der Waals surface area contributed by atoms with Crippen LogP contribution in [0.2, 0.25) is 0 Å². The van der Waals surface area contributed by atoms with Crippen molar-refractivity contribution in [1.82, 2.24) is 0 Å². The lowest BCUT2D eigenvalue weighted by Gasteiger charge is -2.04. The fraction of sp³-hybridized carbons (Fsp3) is 0.750. The predicted octanol–water partition coefficient (Wildman–Crippen LogP) is 3.95. The topological polar surface area (TPSA) is 12.4 Å². The van der Waals surface area contributed by atoms with Crippen molar-refractivity contribution in [3.63, 3.8) is 0 Å². The predicted molar refractivity (Wildman–Crippen MR) is 59.1 cm³/mol. The Morgan fingerprint density at radius 1 is 1.31 bits per heavy atom. The molecule has 0 aromatic carbocycles. The van der Waals surface area contributed by atoms with Gasteiger partial charge in [0.05, 0.1) is 0 Å². The molecule has 0 amide bonds. The highest BCUT2D eigenvalue weighted by Crippen LogP contribution is 2.27. The molecule has 1 aliphatic rings. The number of hydrogen-bond donors (Lipinski definition) is 0. The Morgan fingerprint density at radius 3 is 2.62 bits per heavy atom. The summed E-state index contributed by atoms with van der Waals surface area (Å²) < 4.78 is 0. The zero-order valence-electron chi connectivity index (χ0n) is 8.92. The van der Waals surface area contributed by atoms with Crippen molar-refractivity contribution in [3.05, 3.63) is 11.8 Å². The molecule has 0 radical (unpaired) electrons. The maximum Gasteiger partial charge on any atom is 0.0250 e. The zero-order valence-corrected chi connectivity index (χ0v) is 8.92. The minimum atomic E-state index is 0.998. The van der Waals surface area contributed by atoms with E-state index in [9.17, 15) is 0 Å². The average Bonchev–Trinajstić information content (AvgIpc) is 2.55. The van der Waals surface area contributed by atoms with E-state index < -0.39 is 0 Å². The van der Waals surface area contributed by atoms with Crippen LogP contribution < -0.4 is 0 Å². The van der Waals surface area contributed by atoms with Gasteiger partial charge in [-0.2, -0.15) is 0 Å². The van der Waals surface area contributed by atoms with Gasteiger partial charge < -0.3 is 0 Å². The Labute approximate surface area is 82.0 Å². The molecular formula is C12H21N. The molecule has 1 heteroatoms. The highest BCUT2D eigenvalue weighted by molar-refractivity contribution is 5.58. The van der Waals surface area contributed by atoms with Crippen LogP contribution in [0.5, 0.6) is 0 Å². The third-order valence-corrected chi connectivity index (χ3v) is 2.62. The second kappa shape index (κ2) is 5.95. The SMILES string of the molecule is CC(C)=C/N=C/CCC1CCCC1. The lowest BCUT2D eigenvalue weighted by Crippen LogP contribution is -1.92. The van der Waals surface area contributed by atoms with Crippen molar-refractivity contribution >= 4 is 6.21 Å². The summed E-state index contributed by atoms with van der Waals surface area (Å²) >= 11 is 0. The summed E-state index contributed by atoms with van der Waals surface area (Å²) in [6.07, 6.45) is 12.3. The third-order valence-electron chi connectivity index (χ3n) is 2.62. The zero-order chi connectivity index (χ0) is 9.52. The highest BCUT2D eigenvalue weighted by Gasteiger charge is 2.13. The molecule has 1 aliphatic carbocycles. The number of aliphatic imine (C=N–C) groups is 1. The maximum atomic E-state index is 4.24. The van der Waals surface area contributed by atoms with Crippen molar-refractivity contribution in [1.29, 1.82) is 0 Å². The second-order valence-corrected chi connectivity index (χ2v) is 4.27. The molecule has 1 rings (SSSR count). The van der Waals surface area contributed by atoms with Gasteiger partial charge in [-0.15, -0.1) is 0 Å². The first-order valence-corrected chi connectivity index (χ1v) is 5.44. The molecule has 1 fully saturated rings. The van der Waals surface area contributed by atoms with Crippen molar-refractivity contribution in [2.75, 3.05) is 0 Å². The van der Waals surface area contributed by atoms with Crippen LogP contribution >= 0.6 is 0 Å². The molecule has 0 saturated heterocycles. The van der Waals surface area contributed by atoms with Gasteiger partial charge in [0, 0.05) is 12.4 Å². The van der Waals surface area contributed by atoms with E-state index >= 15 is 0 Å². The molecule has 0 bridgehead atoms. The molecule has 13 heavy (non-hydrogen) atoms. The highest BCUT2D eigenvalue weighted by atomic mass is 14.7. The van der Waals surface area contributed by atoms with Gasteiger partial charge in [-0.3, -0.25) is 4.99 Å². The van der Waals surface area contributed by atoms with Gasteiger partial charge in [0.25, 0.3) is 0 Å². The average molecular weight is 179 g/mol. The summed E-state index contributed by atoms with van der Waals surface area (Å²) in [7, 11) is 0. The van der Waals surface area contributed by atoms with Crippen molar-refractivity contribution in [2.45, 2.75) is 52.4 Å². The molecule has 0 aliphatic heterocycles. The molecule has 0 atom stereocenters. The number of nitrogens with zero attached hydrogens (tertiary/aromatic N) is 1. The van der Waals surface area contributed by atoms with Gasteiger partial charge >= 0.3 is 0 Å². The first kappa shape index (κ1) is 10.5. The molecule has 0 aromatic heterocycles. The molecule has 1 nitrogen and oxygen atoms in total. The van der Waals surface area contributed by atoms with Crippen LogP contribution in [0.3, 0.4) is 0 Å². The van der Waals surface area contributed by atoms with Crippen molar-refractivity contribution in [2.24, 2.45) is 10.9 Å². The minimum Gasteiger partial charge on any atom is -0.269 e. The fourth-order valence-corrected chi connectivity index (χ4v) is 1.89. The van der Waals surface area contributed by atoms with Crippen LogP contribution in [0.1, 0.15) is 52.4 Å². The van der Waals surface area contributed by atoms with E-state index in [1.807, 2.05) is 6.20 Å². The second-order valence-electron chi connectivity index (χ2n) is 4.27. The molecule has 0 unspecified atom stereocenters. The van der Waals surface area contributed by atoms with Crippen LogP contribution in [0, 0.1) is 5.92 Å². The van der Waals surface area contributed by atoms with Gasteiger partial charge in [-0.25, -0.2) is 0 Å². The Hall–Kier alpha value is -0.590. The van der Waals surface area contributed by atoms with Gasteiger partial charge in [0.2, 0.25) is 0 Å². The van der Waals surface area contributed by atoms with E-state index in [2.05, 4.69) is 25.1 Å². The summed E-state index contributed by atoms with van der Waals surface area (Å²) in [6, 6.07) is 0. The summed E-state index contributed by atoms with van der Waals surface area (Å²) in [5, 5.41) is 0. The van der Waals surface area contributed by atoms with Crippen LogP contribution in [0.4, 0.5) is 0 Å². The maximum absolute atomic E-state index is 4.24. The molecule has 0 spiro atoms. The first-order valence-electron chi connectivity index (χ1n) is 5.44. The van der Waals surface area contributed by atoms with Crippen LogP contribution in [0.25, 0.3) is 0 Å². The van der Waals surface area contributed by atoms with E-state index in [4.69, 9.17) is 0 Å². The number of allylic oxidation sites excluding steroid dienone is 1. The minimum absolute atomic E-state index is 0.998. The van der Waals surface area contributed by atoms with Crippen molar-refractivity contribution < 1.29 is 0 Å². The van der Waals surface area contributed by atoms with Crippen molar-refractivity contribution in [3.8, 4) is 0 Å². The Morgan fingerprint density at radius 2 is 2.00 bits per heavy atom. The number of rotatable bonds is 4. The Kier molecular flexibility index (Phi) is 4.81. The monoisotopic (exact) mass is 179 g/mol. The van der Waals surface area contributed by atoms with E-state index in [1.165, 1.54) is 37.7 Å². The largest absolute Gasteiger partial charge is 0.269 e. The summed E-state index contributed by atoms with van der Waals surface area (Å²) in [5.41, 5.74) is 1.28. The molecule has 1 saturated carbocycles. The molecule has 0 heterocycles. The van der Waals surface area contributed by atoms with Gasteiger partial charge in [0.1, 0.15) is 0 Å². The third kappa shape index (κ3) is 4.87. The quantitative estimate of drug-likeness (QED) is 0.579. The molecule has 0 aromatic rings.